The summed E-state index contributed by atoms with van der Waals surface area (Å²) < 4.78 is 0. The maximum atomic E-state index is 5.14. The maximum Gasteiger partial charge on any atom is 0.270 e. The summed E-state index contributed by atoms with van der Waals surface area (Å²) in [7, 11) is -0.935. The highest BCUT2D eigenvalue weighted by molar-refractivity contribution is 7.33. The molecule has 0 saturated carbocycles. The second-order valence-corrected chi connectivity index (χ2v) is 9.99. The van der Waals surface area contributed by atoms with Crippen molar-refractivity contribution >= 4 is 29.6 Å². The molecule has 0 unspecified atom stereocenters. The van der Waals surface area contributed by atoms with Crippen LogP contribution in [0.25, 0.3) is 0 Å². The molecule has 0 aromatic carbocycles. The van der Waals surface area contributed by atoms with E-state index in [0.29, 0.717) is 0 Å². The van der Waals surface area contributed by atoms with Gasteiger partial charge in [0.05, 0.1) is 0 Å². The van der Waals surface area contributed by atoms with Gasteiger partial charge in [-0.15, -0.1) is 22.2 Å². The van der Waals surface area contributed by atoms with Crippen molar-refractivity contribution in [2.24, 2.45) is 0 Å². The molecule has 0 spiro atoms. The lowest BCUT2D eigenvalue weighted by atomic mass is 9.97. The Hall–Kier alpha value is 0.277. The van der Waals surface area contributed by atoms with Crippen LogP contribution < -0.4 is 0 Å². The summed E-state index contributed by atoms with van der Waals surface area (Å²) in [6.07, 6.45) is 18.9. The van der Waals surface area contributed by atoms with Crippen molar-refractivity contribution in [3.05, 3.63) is 23.3 Å². The minimum absolute atomic E-state index is 0.935. The molecule has 0 aromatic heterocycles. The van der Waals surface area contributed by atoms with Crippen molar-refractivity contribution in [2.75, 3.05) is 0 Å². The van der Waals surface area contributed by atoms with Gasteiger partial charge in [-0.1, -0.05) is 25.0 Å². The zero-order valence-corrected chi connectivity index (χ0v) is 14.0. The molecule has 0 heterocycles. The predicted molar refractivity (Wildman–Crippen MR) is 85.7 cm³/mol. The van der Waals surface area contributed by atoms with Crippen LogP contribution in [0.2, 0.25) is 6.55 Å². The molecule has 0 aromatic rings. The van der Waals surface area contributed by atoms with E-state index in [0.717, 1.165) is 0 Å². The Labute approximate surface area is 123 Å². The van der Waals surface area contributed by atoms with Crippen molar-refractivity contribution in [1.82, 2.24) is 0 Å². The lowest BCUT2D eigenvalue weighted by Gasteiger charge is -2.09. The summed E-state index contributed by atoms with van der Waals surface area (Å²) in [5, 5.41) is 0. The third kappa shape index (κ3) is 7.65. The number of hydrogen-bond acceptors (Lipinski definition) is 0. The van der Waals surface area contributed by atoms with E-state index in [1.165, 1.54) is 64.2 Å². The molecule has 0 bridgehead atoms. The van der Waals surface area contributed by atoms with Gasteiger partial charge in [0.25, 0.3) is 7.42 Å². The Morgan fingerprint density at radius 3 is 1.56 bits per heavy atom. The summed E-state index contributed by atoms with van der Waals surface area (Å²) in [5.74, 6) is 0. The minimum Gasteiger partial charge on any atom is -0.147 e. The highest BCUT2D eigenvalue weighted by Crippen LogP contribution is 2.29. The molecule has 0 fully saturated rings. The molecule has 1 radical (unpaired) electrons. The van der Waals surface area contributed by atoms with Crippen LogP contribution in [0.1, 0.15) is 64.2 Å². The second kappa shape index (κ2) is 10.1. The average Bonchev–Trinajstić information content (AvgIpc) is 2.73. The minimum atomic E-state index is -0.935. The first-order valence-corrected chi connectivity index (χ1v) is 11.3. The molecule has 0 saturated heterocycles. The molecule has 0 atom stereocenters. The van der Waals surface area contributed by atoms with E-state index < -0.39 is 7.42 Å². The number of allylic oxidation sites excluding steroid dienone is 4. The first kappa shape index (κ1) is 16.3. The molecule has 3 heteroatoms. The SMILES string of the molecule is C1=C(C2=CCCCCC2)CCCCC1.C[Si](Cl)Cl. The van der Waals surface area contributed by atoms with Gasteiger partial charge in [-0.25, -0.2) is 0 Å². The number of rotatable bonds is 1. The van der Waals surface area contributed by atoms with E-state index in [1.54, 1.807) is 17.7 Å². The van der Waals surface area contributed by atoms with Gasteiger partial charge in [0.2, 0.25) is 0 Å². The van der Waals surface area contributed by atoms with Crippen LogP contribution in [-0.4, -0.2) is 7.42 Å². The van der Waals surface area contributed by atoms with Crippen molar-refractivity contribution in [2.45, 2.75) is 70.8 Å². The van der Waals surface area contributed by atoms with Crippen LogP contribution in [0.15, 0.2) is 23.3 Å². The molecular formula is C15H25Cl2Si. The van der Waals surface area contributed by atoms with Gasteiger partial charge in [0.15, 0.2) is 0 Å². The molecule has 2 aliphatic carbocycles. The quantitative estimate of drug-likeness (QED) is 0.391. The predicted octanol–water partition coefficient (Wildman–Crippen LogP) is 6.35. The molecule has 0 nitrogen and oxygen atoms in total. The van der Waals surface area contributed by atoms with Gasteiger partial charge in [-0.2, -0.15) is 0 Å². The van der Waals surface area contributed by atoms with E-state index in [-0.39, 0.29) is 0 Å². The summed E-state index contributed by atoms with van der Waals surface area (Å²) >= 11 is 10.3. The first-order valence-electron chi connectivity index (χ1n) is 7.23. The van der Waals surface area contributed by atoms with Gasteiger partial charge in [0, 0.05) is 0 Å². The molecule has 2 rings (SSSR count). The fourth-order valence-electron chi connectivity index (χ4n) is 2.61. The van der Waals surface area contributed by atoms with Gasteiger partial charge >= 0.3 is 0 Å². The van der Waals surface area contributed by atoms with Crippen molar-refractivity contribution in [3.63, 3.8) is 0 Å². The molecule has 0 N–H and O–H groups in total. The third-order valence-electron chi connectivity index (χ3n) is 3.49. The fraction of sp³-hybridized carbons (Fsp3) is 0.733. The van der Waals surface area contributed by atoms with Crippen molar-refractivity contribution < 1.29 is 0 Å². The van der Waals surface area contributed by atoms with Crippen LogP contribution >= 0.6 is 22.2 Å². The van der Waals surface area contributed by atoms with Gasteiger partial charge in [0.1, 0.15) is 0 Å². The van der Waals surface area contributed by atoms with Crippen LogP contribution in [0.4, 0.5) is 0 Å². The molecule has 0 amide bonds. The molecule has 18 heavy (non-hydrogen) atoms. The van der Waals surface area contributed by atoms with E-state index in [2.05, 4.69) is 12.2 Å². The topological polar surface area (TPSA) is 0 Å². The van der Waals surface area contributed by atoms with E-state index in [9.17, 15) is 0 Å². The van der Waals surface area contributed by atoms with E-state index in [1.807, 2.05) is 0 Å². The van der Waals surface area contributed by atoms with Crippen LogP contribution in [0.5, 0.6) is 0 Å². The third-order valence-corrected chi connectivity index (χ3v) is 3.49. The zero-order valence-electron chi connectivity index (χ0n) is 11.5. The highest BCUT2D eigenvalue weighted by Gasteiger charge is 2.09. The Morgan fingerprint density at radius 1 is 0.778 bits per heavy atom. The lowest BCUT2D eigenvalue weighted by Crippen LogP contribution is -1.89. The number of halogens is 2. The van der Waals surface area contributed by atoms with Gasteiger partial charge in [-0.05, 0) is 69.1 Å². The summed E-state index contributed by atoms with van der Waals surface area (Å²) in [6.45, 7) is 1.80. The Morgan fingerprint density at radius 2 is 1.17 bits per heavy atom. The zero-order chi connectivity index (χ0) is 13.2. The molecule has 2 aliphatic rings. The van der Waals surface area contributed by atoms with Crippen LogP contribution in [0.3, 0.4) is 0 Å². The number of hydrogen-bond donors (Lipinski definition) is 0. The summed E-state index contributed by atoms with van der Waals surface area (Å²) in [4.78, 5) is 0. The largest absolute Gasteiger partial charge is 0.270 e. The average molecular weight is 304 g/mol. The van der Waals surface area contributed by atoms with Crippen molar-refractivity contribution in [3.8, 4) is 0 Å². The Bertz CT molecular complexity index is 253. The van der Waals surface area contributed by atoms with Crippen molar-refractivity contribution in [1.29, 1.82) is 0 Å². The lowest BCUT2D eigenvalue weighted by molar-refractivity contribution is 0.699. The maximum absolute atomic E-state index is 5.14. The molecule has 0 aliphatic heterocycles. The smallest absolute Gasteiger partial charge is 0.147 e. The van der Waals surface area contributed by atoms with Crippen LogP contribution in [0, 0.1) is 0 Å². The molecule has 103 valence electrons. The summed E-state index contributed by atoms with van der Waals surface area (Å²) in [5.41, 5.74) is 3.40. The van der Waals surface area contributed by atoms with Crippen LogP contribution in [-0.2, 0) is 0 Å². The van der Waals surface area contributed by atoms with E-state index >= 15 is 0 Å². The van der Waals surface area contributed by atoms with Gasteiger partial charge < -0.3 is 0 Å². The highest BCUT2D eigenvalue weighted by atomic mass is 35.7. The Balaban J connectivity index is 0.000000357. The molecular weight excluding hydrogens is 279 g/mol. The second-order valence-electron chi connectivity index (χ2n) is 5.11. The monoisotopic (exact) mass is 303 g/mol. The summed E-state index contributed by atoms with van der Waals surface area (Å²) in [6, 6.07) is 0. The first-order chi connectivity index (χ1) is 8.70. The standard InChI is InChI=1S/C14H22.CH3Cl2Si/c1-2-6-10-13(9-5-1)14-11-7-3-4-8-12-14;1-4(2)3/h9,11H,1-8,10,12H2;1H3. The fourth-order valence-corrected chi connectivity index (χ4v) is 2.61. The van der Waals surface area contributed by atoms with E-state index in [4.69, 9.17) is 22.2 Å². The van der Waals surface area contributed by atoms with Gasteiger partial charge in [-0.3, -0.25) is 0 Å². The normalized spacial score (nSPS) is 21.1. The Kier molecular flexibility index (Phi) is 9.17.